The molecule has 1 saturated carbocycles. The molecular weight excluding hydrogens is 216 g/mol. The van der Waals surface area contributed by atoms with E-state index >= 15 is 0 Å². The summed E-state index contributed by atoms with van der Waals surface area (Å²) in [5, 5.41) is 22.4. The van der Waals surface area contributed by atoms with Crippen molar-refractivity contribution >= 4 is 5.69 Å². The average molecular weight is 236 g/mol. The molecule has 2 rings (SSSR count). The molecule has 0 heterocycles. The van der Waals surface area contributed by atoms with Crippen LogP contribution in [0.15, 0.2) is 24.3 Å². The van der Waals surface area contributed by atoms with Crippen molar-refractivity contribution < 1.29 is 10.2 Å². The maximum Gasteiger partial charge on any atom is 0.135 e. The highest BCUT2D eigenvalue weighted by atomic mass is 16.3. The molecule has 1 aromatic carbocycles. The van der Waals surface area contributed by atoms with Crippen LogP contribution in [0.5, 0.6) is 0 Å². The van der Waals surface area contributed by atoms with Crippen molar-refractivity contribution in [2.24, 2.45) is 5.73 Å². The Morgan fingerprint density at radius 3 is 2.35 bits per heavy atom. The van der Waals surface area contributed by atoms with Crippen LogP contribution in [0.2, 0.25) is 0 Å². The van der Waals surface area contributed by atoms with Gasteiger partial charge in [-0.15, -0.1) is 0 Å². The van der Waals surface area contributed by atoms with Crippen LogP contribution in [0.25, 0.3) is 0 Å². The summed E-state index contributed by atoms with van der Waals surface area (Å²) in [6.45, 7) is 0.0411. The number of hydrogen-bond acceptors (Lipinski definition) is 4. The summed E-state index contributed by atoms with van der Waals surface area (Å²) in [7, 11) is 0. The second-order valence-corrected chi connectivity index (χ2v) is 4.85. The highest BCUT2D eigenvalue weighted by Gasteiger charge is 2.31. The van der Waals surface area contributed by atoms with E-state index in [-0.39, 0.29) is 12.6 Å². The topological polar surface area (TPSA) is 78.5 Å². The maximum absolute atomic E-state index is 10.4. The smallest absolute Gasteiger partial charge is 0.135 e. The minimum atomic E-state index is -0.837. The van der Waals surface area contributed by atoms with E-state index in [1.54, 1.807) is 0 Å². The lowest BCUT2D eigenvalue weighted by molar-refractivity contribution is 0.0269. The first kappa shape index (κ1) is 12.4. The highest BCUT2D eigenvalue weighted by Crippen LogP contribution is 2.29. The molecule has 17 heavy (non-hydrogen) atoms. The van der Waals surface area contributed by atoms with Gasteiger partial charge in [-0.25, -0.2) is 0 Å². The minimum Gasteiger partial charge on any atom is -0.392 e. The van der Waals surface area contributed by atoms with Crippen LogP contribution >= 0.6 is 0 Å². The van der Waals surface area contributed by atoms with Gasteiger partial charge in [-0.1, -0.05) is 12.1 Å². The van der Waals surface area contributed by atoms with E-state index in [1.165, 1.54) is 0 Å². The molecule has 1 aliphatic carbocycles. The van der Waals surface area contributed by atoms with E-state index in [9.17, 15) is 5.11 Å². The van der Waals surface area contributed by atoms with Crippen LogP contribution < -0.4 is 11.1 Å². The lowest BCUT2D eigenvalue weighted by Crippen LogP contribution is -2.44. The molecule has 4 heteroatoms. The summed E-state index contributed by atoms with van der Waals surface area (Å²) in [6, 6.07) is 7.66. The number of aliphatic hydroxyl groups is 2. The second-order valence-electron chi connectivity index (χ2n) is 4.85. The number of aliphatic hydroxyl groups excluding tert-OH is 1. The molecule has 0 unspecified atom stereocenters. The summed E-state index contributed by atoms with van der Waals surface area (Å²) in [6.07, 6.45) is 3.04. The van der Waals surface area contributed by atoms with Gasteiger partial charge >= 0.3 is 0 Å². The van der Waals surface area contributed by atoms with Gasteiger partial charge in [0.1, 0.15) is 5.72 Å². The summed E-state index contributed by atoms with van der Waals surface area (Å²) in [5.74, 6) is 0. The van der Waals surface area contributed by atoms with E-state index in [0.29, 0.717) is 12.8 Å². The fourth-order valence-corrected chi connectivity index (χ4v) is 2.20. The number of hydrogen-bond donors (Lipinski definition) is 4. The Morgan fingerprint density at radius 2 is 1.82 bits per heavy atom. The molecule has 1 fully saturated rings. The zero-order valence-electron chi connectivity index (χ0n) is 9.89. The van der Waals surface area contributed by atoms with Crippen molar-refractivity contribution in [3.8, 4) is 0 Å². The monoisotopic (exact) mass is 236 g/mol. The molecule has 0 radical (unpaired) electrons. The van der Waals surface area contributed by atoms with Crippen LogP contribution in [0.4, 0.5) is 5.69 Å². The third kappa shape index (κ3) is 3.19. The van der Waals surface area contributed by atoms with Crippen molar-refractivity contribution in [1.29, 1.82) is 0 Å². The first-order chi connectivity index (χ1) is 8.11. The summed E-state index contributed by atoms with van der Waals surface area (Å²) >= 11 is 0. The zero-order chi connectivity index (χ0) is 12.3. The molecule has 1 aromatic rings. The summed E-state index contributed by atoms with van der Waals surface area (Å²) < 4.78 is 0. The fourth-order valence-electron chi connectivity index (χ4n) is 2.20. The van der Waals surface area contributed by atoms with Crippen LogP contribution in [0, 0.1) is 0 Å². The summed E-state index contributed by atoms with van der Waals surface area (Å²) in [4.78, 5) is 0. The van der Waals surface area contributed by atoms with Crippen molar-refractivity contribution in [2.75, 3.05) is 5.32 Å². The quantitative estimate of drug-likeness (QED) is 0.594. The van der Waals surface area contributed by atoms with Gasteiger partial charge in [0.15, 0.2) is 0 Å². The van der Waals surface area contributed by atoms with Gasteiger partial charge in [-0.05, 0) is 43.4 Å². The van der Waals surface area contributed by atoms with Crippen molar-refractivity contribution in [2.45, 2.75) is 44.1 Å². The van der Waals surface area contributed by atoms with Crippen LogP contribution in [-0.4, -0.2) is 22.0 Å². The molecule has 1 aliphatic rings. The van der Waals surface area contributed by atoms with Gasteiger partial charge in [-0.2, -0.15) is 0 Å². The van der Waals surface area contributed by atoms with Crippen LogP contribution in [-0.2, 0) is 6.61 Å². The van der Waals surface area contributed by atoms with Crippen molar-refractivity contribution in [3.05, 3.63) is 29.8 Å². The lowest BCUT2D eigenvalue weighted by atomic mass is 9.88. The van der Waals surface area contributed by atoms with E-state index < -0.39 is 5.72 Å². The third-order valence-corrected chi connectivity index (χ3v) is 3.37. The molecule has 0 atom stereocenters. The number of nitrogens with two attached hydrogens (primary N) is 1. The Bertz CT molecular complexity index is 356. The first-order valence-corrected chi connectivity index (χ1v) is 6.07. The largest absolute Gasteiger partial charge is 0.392 e. The molecule has 0 saturated heterocycles. The fraction of sp³-hybridized carbons (Fsp3) is 0.538. The number of anilines is 1. The Morgan fingerprint density at radius 1 is 1.24 bits per heavy atom. The standard InChI is InChI=1S/C13H20N2O2/c14-11-5-7-13(17,8-6-11)15-12-3-1-10(9-16)2-4-12/h1-4,11,15-17H,5-9,14H2. The SMILES string of the molecule is NC1CCC(O)(Nc2ccc(CO)cc2)CC1. The van der Waals surface area contributed by atoms with Gasteiger partial charge in [0.2, 0.25) is 0 Å². The Kier molecular flexibility index (Phi) is 3.66. The van der Waals surface area contributed by atoms with E-state index in [4.69, 9.17) is 10.8 Å². The molecule has 0 bridgehead atoms. The number of rotatable bonds is 3. The molecule has 4 nitrogen and oxygen atoms in total. The van der Waals surface area contributed by atoms with Crippen LogP contribution in [0.3, 0.4) is 0 Å². The molecular formula is C13H20N2O2. The van der Waals surface area contributed by atoms with Gasteiger partial charge in [0.25, 0.3) is 0 Å². The van der Waals surface area contributed by atoms with Crippen molar-refractivity contribution in [3.63, 3.8) is 0 Å². The predicted octanol–water partition coefficient (Wildman–Crippen LogP) is 1.18. The normalized spacial score (nSPS) is 29.0. The molecule has 94 valence electrons. The number of benzene rings is 1. The number of nitrogens with one attached hydrogen (secondary N) is 1. The van der Waals surface area contributed by atoms with Crippen LogP contribution in [0.1, 0.15) is 31.2 Å². The molecule has 0 aromatic heterocycles. The minimum absolute atomic E-state index is 0.0411. The van der Waals surface area contributed by atoms with Crippen molar-refractivity contribution in [1.82, 2.24) is 0 Å². The predicted molar refractivity (Wildman–Crippen MR) is 67.4 cm³/mol. The third-order valence-electron chi connectivity index (χ3n) is 3.37. The Balaban J connectivity index is 1.99. The Hall–Kier alpha value is -1.10. The van der Waals surface area contributed by atoms with Gasteiger partial charge in [0.05, 0.1) is 6.61 Å². The van der Waals surface area contributed by atoms with E-state index in [0.717, 1.165) is 24.1 Å². The summed E-state index contributed by atoms with van der Waals surface area (Å²) in [5.41, 5.74) is 6.73. The maximum atomic E-state index is 10.4. The van der Waals surface area contributed by atoms with E-state index in [2.05, 4.69) is 5.32 Å². The van der Waals surface area contributed by atoms with Gasteiger partial charge in [0, 0.05) is 11.7 Å². The molecule has 0 spiro atoms. The Labute approximate surface area is 101 Å². The molecule has 0 aliphatic heterocycles. The molecule has 5 N–H and O–H groups in total. The highest BCUT2D eigenvalue weighted by molar-refractivity contribution is 5.46. The lowest BCUT2D eigenvalue weighted by Gasteiger charge is -2.36. The first-order valence-electron chi connectivity index (χ1n) is 6.07. The second kappa shape index (κ2) is 5.04. The molecule has 0 amide bonds. The zero-order valence-corrected chi connectivity index (χ0v) is 9.89. The van der Waals surface area contributed by atoms with Gasteiger partial charge in [-0.3, -0.25) is 0 Å². The average Bonchev–Trinajstić information content (AvgIpc) is 2.34. The van der Waals surface area contributed by atoms with Gasteiger partial charge < -0.3 is 21.3 Å². The van der Waals surface area contributed by atoms with E-state index in [1.807, 2.05) is 24.3 Å².